The molecular weight excluding hydrogens is 402 g/mol. The second-order valence-electron chi connectivity index (χ2n) is 8.09. The molecule has 32 heavy (non-hydrogen) atoms. The Morgan fingerprint density at radius 3 is 2.69 bits per heavy atom. The van der Waals surface area contributed by atoms with Crippen LogP contribution in [0, 0.1) is 0 Å². The third-order valence-electron chi connectivity index (χ3n) is 5.53. The zero-order chi connectivity index (χ0) is 22.1. The largest absolute Gasteiger partial charge is 0.508 e. The van der Waals surface area contributed by atoms with Crippen molar-refractivity contribution in [2.45, 2.75) is 32.9 Å². The summed E-state index contributed by atoms with van der Waals surface area (Å²) in [6.45, 7) is 5.54. The predicted octanol–water partition coefficient (Wildman–Crippen LogP) is 4.45. The molecule has 0 amide bonds. The molecule has 0 unspecified atom stereocenters. The fourth-order valence-electron chi connectivity index (χ4n) is 3.82. The molecule has 0 saturated carbocycles. The number of aromatic nitrogens is 4. The van der Waals surface area contributed by atoms with E-state index in [9.17, 15) is 5.11 Å². The number of imidazole rings is 1. The van der Waals surface area contributed by atoms with E-state index in [0.717, 1.165) is 34.4 Å². The average molecular weight is 428 g/mol. The molecule has 0 aliphatic carbocycles. The highest BCUT2D eigenvalue weighted by atomic mass is 16.3. The fourth-order valence-corrected chi connectivity index (χ4v) is 3.82. The van der Waals surface area contributed by atoms with Gasteiger partial charge in [0.15, 0.2) is 17.0 Å². The van der Waals surface area contributed by atoms with Gasteiger partial charge in [0.25, 0.3) is 0 Å². The van der Waals surface area contributed by atoms with Crippen LogP contribution in [-0.2, 0) is 13.0 Å². The number of rotatable bonds is 6. The van der Waals surface area contributed by atoms with Crippen molar-refractivity contribution in [3.05, 3.63) is 66.0 Å². The van der Waals surface area contributed by atoms with Gasteiger partial charge in [-0.05, 0) is 49.6 Å². The minimum absolute atomic E-state index is 0.218. The molecule has 0 bridgehead atoms. The van der Waals surface area contributed by atoms with Crippen molar-refractivity contribution in [1.82, 2.24) is 19.5 Å². The van der Waals surface area contributed by atoms with Gasteiger partial charge in [-0.15, -0.1) is 0 Å². The summed E-state index contributed by atoms with van der Waals surface area (Å²) in [7, 11) is 0. The number of phenols is 1. The van der Waals surface area contributed by atoms with Crippen LogP contribution in [0.3, 0.4) is 0 Å². The minimum atomic E-state index is 0.218. The number of hydrogen-bond acceptors (Lipinski definition) is 7. The first-order chi connectivity index (χ1) is 15.6. The van der Waals surface area contributed by atoms with Gasteiger partial charge in [0, 0.05) is 12.6 Å². The quantitative estimate of drug-likeness (QED) is 0.472. The summed E-state index contributed by atoms with van der Waals surface area (Å²) in [5.41, 5.74) is 4.83. The Balaban J connectivity index is 1.51. The Morgan fingerprint density at radius 2 is 1.88 bits per heavy atom. The SMILES string of the molecule is CC(C)n1cnc2c(NCCc3ccc(O)cc3)nc(N3C=NCc4ccccc43)nc21. The number of nitrogens with zero attached hydrogens (tertiary/aromatic N) is 6. The summed E-state index contributed by atoms with van der Waals surface area (Å²) >= 11 is 0. The van der Waals surface area contributed by atoms with Gasteiger partial charge in [-0.25, -0.2) is 4.98 Å². The number of aliphatic imine (C=N–C) groups is 1. The van der Waals surface area contributed by atoms with Crippen LogP contribution in [0.15, 0.2) is 59.9 Å². The van der Waals surface area contributed by atoms with Gasteiger partial charge in [-0.2, -0.15) is 9.97 Å². The first-order valence-electron chi connectivity index (χ1n) is 10.7. The number of para-hydroxylation sites is 1. The molecule has 2 N–H and O–H groups in total. The molecule has 0 spiro atoms. The monoisotopic (exact) mass is 427 g/mol. The van der Waals surface area contributed by atoms with Gasteiger partial charge in [0.2, 0.25) is 5.95 Å². The molecule has 8 nitrogen and oxygen atoms in total. The molecule has 1 aliphatic rings. The molecule has 0 saturated heterocycles. The number of phenolic OH excluding ortho intramolecular Hbond substituents is 1. The Bertz CT molecular complexity index is 1280. The van der Waals surface area contributed by atoms with Crippen molar-refractivity contribution in [2.24, 2.45) is 4.99 Å². The fraction of sp³-hybridized carbons (Fsp3) is 0.250. The number of aromatic hydroxyl groups is 1. The molecule has 0 radical (unpaired) electrons. The van der Waals surface area contributed by atoms with E-state index in [4.69, 9.17) is 9.97 Å². The second kappa shape index (κ2) is 8.30. The second-order valence-corrected chi connectivity index (χ2v) is 8.09. The molecule has 162 valence electrons. The number of benzene rings is 2. The number of anilines is 3. The number of fused-ring (bicyclic) bond motifs is 2. The molecule has 2 aromatic carbocycles. The lowest BCUT2D eigenvalue weighted by atomic mass is 10.1. The molecule has 1 aliphatic heterocycles. The third-order valence-corrected chi connectivity index (χ3v) is 5.53. The Hall–Kier alpha value is -3.94. The van der Waals surface area contributed by atoms with Gasteiger partial charge in [0.1, 0.15) is 5.75 Å². The Labute approximate surface area is 186 Å². The summed E-state index contributed by atoms with van der Waals surface area (Å²) in [5.74, 6) is 1.52. The minimum Gasteiger partial charge on any atom is -0.508 e. The van der Waals surface area contributed by atoms with E-state index in [-0.39, 0.29) is 11.8 Å². The molecule has 4 aromatic rings. The van der Waals surface area contributed by atoms with E-state index in [1.807, 2.05) is 35.5 Å². The maximum atomic E-state index is 9.49. The molecule has 5 rings (SSSR count). The van der Waals surface area contributed by atoms with Crippen molar-refractivity contribution >= 4 is 35.0 Å². The standard InChI is InChI=1S/C24H25N7O/c1-16(2)30-15-27-21-22(26-12-11-17-7-9-19(32)10-8-17)28-24(29-23(21)30)31-14-25-13-18-5-3-4-6-20(18)31/h3-10,14-16,32H,11-13H2,1-2H3,(H,26,28,29). The summed E-state index contributed by atoms with van der Waals surface area (Å²) in [5, 5.41) is 12.9. The maximum Gasteiger partial charge on any atom is 0.239 e. The first kappa shape index (κ1) is 20.0. The first-order valence-corrected chi connectivity index (χ1v) is 10.7. The number of hydrogen-bond donors (Lipinski definition) is 2. The average Bonchev–Trinajstić information content (AvgIpc) is 3.24. The van der Waals surface area contributed by atoms with E-state index < -0.39 is 0 Å². The highest BCUT2D eigenvalue weighted by Gasteiger charge is 2.21. The lowest BCUT2D eigenvalue weighted by molar-refractivity contribution is 0.475. The van der Waals surface area contributed by atoms with E-state index >= 15 is 0 Å². The van der Waals surface area contributed by atoms with Crippen molar-refractivity contribution < 1.29 is 5.11 Å². The van der Waals surface area contributed by atoms with Crippen LogP contribution in [0.5, 0.6) is 5.75 Å². The normalized spacial score (nSPS) is 13.0. The Kier molecular flexibility index (Phi) is 5.18. The topological polar surface area (TPSA) is 91.5 Å². The van der Waals surface area contributed by atoms with Crippen molar-refractivity contribution in [3.63, 3.8) is 0 Å². The molecule has 0 atom stereocenters. The van der Waals surface area contributed by atoms with Gasteiger partial charge in [0.05, 0.1) is 24.9 Å². The molecule has 8 heteroatoms. The highest BCUT2D eigenvalue weighted by molar-refractivity contribution is 5.92. The van der Waals surface area contributed by atoms with E-state index in [1.165, 1.54) is 0 Å². The molecule has 2 aromatic heterocycles. The van der Waals surface area contributed by atoms with Gasteiger partial charge in [-0.3, -0.25) is 9.89 Å². The third kappa shape index (κ3) is 3.75. The summed E-state index contributed by atoms with van der Waals surface area (Å²) in [6.07, 6.45) is 4.40. The van der Waals surface area contributed by atoms with Crippen LogP contribution in [-0.4, -0.2) is 37.5 Å². The summed E-state index contributed by atoms with van der Waals surface area (Å²) in [6, 6.07) is 15.6. The van der Waals surface area contributed by atoms with E-state index in [2.05, 4.69) is 45.8 Å². The predicted molar refractivity (Wildman–Crippen MR) is 127 cm³/mol. The van der Waals surface area contributed by atoms with Crippen molar-refractivity contribution in [2.75, 3.05) is 16.8 Å². The maximum absolute atomic E-state index is 9.49. The van der Waals surface area contributed by atoms with Crippen molar-refractivity contribution in [3.8, 4) is 5.75 Å². The van der Waals surface area contributed by atoms with E-state index in [1.54, 1.807) is 18.5 Å². The highest BCUT2D eigenvalue weighted by Crippen LogP contribution is 2.31. The van der Waals surface area contributed by atoms with Crippen molar-refractivity contribution in [1.29, 1.82) is 0 Å². The van der Waals surface area contributed by atoms with Crippen LogP contribution in [0.25, 0.3) is 11.2 Å². The van der Waals surface area contributed by atoms with Crippen LogP contribution < -0.4 is 10.2 Å². The van der Waals surface area contributed by atoms with Gasteiger partial charge >= 0.3 is 0 Å². The lowest BCUT2D eigenvalue weighted by Crippen LogP contribution is -2.22. The van der Waals surface area contributed by atoms with Gasteiger partial charge < -0.3 is 15.0 Å². The van der Waals surface area contributed by atoms with Crippen LogP contribution in [0.2, 0.25) is 0 Å². The summed E-state index contributed by atoms with van der Waals surface area (Å²) < 4.78 is 2.05. The molecule has 0 fully saturated rings. The van der Waals surface area contributed by atoms with Crippen LogP contribution in [0.1, 0.15) is 31.0 Å². The summed E-state index contributed by atoms with van der Waals surface area (Å²) in [4.78, 5) is 20.7. The zero-order valence-electron chi connectivity index (χ0n) is 18.1. The van der Waals surface area contributed by atoms with E-state index in [0.29, 0.717) is 24.9 Å². The van der Waals surface area contributed by atoms with Crippen LogP contribution >= 0.6 is 0 Å². The zero-order valence-corrected chi connectivity index (χ0v) is 18.1. The Morgan fingerprint density at radius 1 is 1.06 bits per heavy atom. The molecular formula is C24H25N7O. The number of nitrogens with one attached hydrogen (secondary N) is 1. The van der Waals surface area contributed by atoms with Gasteiger partial charge in [-0.1, -0.05) is 30.3 Å². The lowest BCUT2D eigenvalue weighted by Gasteiger charge is -2.24. The molecule has 3 heterocycles. The van der Waals surface area contributed by atoms with Crippen LogP contribution in [0.4, 0.5) is 17.5 Å². The smallest absolute Gasteiger partial charge is 0.239 e.